The number of aromatic nitrogens is 4. The summed E-state index contributed by atoms with van der Waals surface area (Å²) in [6, 6.07) is 0. The van der Waals surface area contributed by atoms with Crippen molar-refractivity contribution >= 4 is 11.2 Å². The Hall–Kier alpha value is -1.85. The lowest BCUT2D eigenvalue weighted by molar-refractivity contribution is 0.705. The zero-order valence-corrected chi connectivity index (χ0v) is 8.18. The van der Waals surface area contributed by atoms with Gasteiger partial charge in [-0.05, 0) is 0 Å². The molecule has 6 heteroatoms. The maximum atomic E-state index is 11.7. The lowest BCUT2D eigenvalue weighted by atomic mass is 10.5. The summed E-state index contributed by atoms with van der Waals surface area (Å²) in [5, 5.41) is 0. The number of fused-ring (bicyclic) bond motifs is 1. The number of hydrogen-bond acceptors (Lipinski definition) is 3. The topological polar surface area (TPSA) is 61.8 Å². The highest BCUT2D eigenvalue weighted by Gasteiger charge is 2.11. The van der Waals surface area contributed by atoms with Crippen molar-refractivity contribution in [3.05, 3.63) is 27.2 Å². The van der Waals surface area contributed by atoms with Crippen LogP contribution in [0.4, 0.5) is 0 Å². The third kappa shape index (κ3) is 0.876. The fourth-order valence-electron chi connectivity index (χ4n) is 1.47. The Bertz CT molecular complexity index is 617. The van der Waals surface area contributed by atoms with Gasteiger partial charge in [-0.25, -0.2) is 9.78 Å². The van der Waals surface area contributed by atoms with Crippen LogP contribution < -0.4 is 11.2 Å². The molecule has 0 aromatic carbocycles. The quantitative estimate of drug-likeness (QED) is 0.541. The summed E-state index contributed by atoms with van der Waals surface area (Å²) >= 11 is 0. The molecule has 0 atom stereocenters. The smallest absolute Gasteiger partial charge is 0.328 e. The van der Waals surface area contributed by atoms with Crippen molar-refractivity contribution in [2.24, 2.45) is 21.1 Å². The van der Waals surface area contributed by atoms with Gasteiger partial charge in [0.15, 0.2) is 11.2 Å². The molecule has 74 valence electrons. The van der Waals surface area contributed by atoms with Crippen LogP contribution in [-0.4, -0.2) is 18.7 Å². The average Bonchev–Trinajstić information content (AvgIpc) is 2.54. The molecule has 0 amide bonds. The first-order valence-electron chi connectivity index (χ1n) is 4.11. The molecule has 0 radical (unpaired) electrons. The van der Waals surface area contributed by atoms with E-state index in [-0.39, 0.29) is 11.2 Å². The third-order valence-corrected chi connectivity index (χ3v) is 2.32. The molecule has 0 fully saturated rings. The van der Waals surface area contributed by atoms with Crippen LogP contribution in [0.15, 0.2) is 15.9 Å². The van der Waals surface area contributed by atoms with Crippen molar-refractivity contribution in [2.45, 2.75) is 0 Å². The van der Waals surface area contributed by atoms with Gasteiger partial charge < -0.3 is 4.57 Å². The molecular weight excluding hydrogens is 186 g/mol. The summed E-state index contributed by atoms with van der Waals surface area (Å²) in [5.41, 5.74) is 0.180. The molecule has 0 spiro atoms. The molecule has 2 heterocycles. The predicted octanol–water partition coefficient (Wildman–Crippen LogP) is -1.03. The van der Waals surface area contributed by atoms with E-state index < -0.39 is 0 Å². The first-order valence-corrected chi connectivity index (χ1v) is 4.11. The summed E-state index contributed by atoms with van der Waals surface area (Å²) in [7, 11) is 4.77. The van der Waals surface area contributed by atoms with Crippen LogP contribution >= 0.6 is 0 Å². The van der Waals surface area contributed by atoms with Crippen LogP contribution in [-0.2, 0) is 21.1 Å². The van der Waals surface area contributed by atoms with Crippen molar-refractivity contribution < 1.29 is 0 Å². The summed E-state index contributed by atoms with van der Waals surface area (Å²) in [5.74, 6) is 0. The molecule has 0 aliphatic rings. The SMILES string of the molecule is Cn1cnc2c1c(=O)n([14CH3])c(=O)n2C. The monoisotopic (exact) mass is 196 g/mol. The number of rotatable bonds is 0. The van der Waals surface area contributed by atoms with E-state index in [2.05, 4.69) is 4.98 Å². The summed E-state index contributed by atoms with van der Waals surface area (Å²) in [4.78, 5) is 27.2. The molecule has 0 bridgehead atoms. The van der Waals surface area contributed by atoms with Gasteiger partial charge in [-0.3, -0.25) is 13.9 Å². The van der Waals surface area contributed by atoms with Gasteiger partial charge >= 0.3 is 5.69 Å². The van der Waals surface area contributed by atoms with Gasteiger partial charge in [0.1, 0.15) is 0 Å². The molecule has 0 aliphatic heterocycles. The molecule has 2 aromatic heterocycles. The second-order valence-electron chi connectivity index (χ2n) is 3.23. The van der Waals surface area contributed by atoms with Gasteiger partial charge in [-0.1, -0.05) is 0 Å². The number of hydrogen-bond donors (Lipinski definition) is 0. The molecule has 0 unspecified atom stereocenters. The summed E-state index contributed by atoms with van der Waals surface area (Å²) in [6.45, 7) is 0. The van der Waals surface area contributed by atoms with Crippen molar-refractivity contribution in [1.82, 2.24) is 18.7 Å². The Morgan fingerprint density at radius 2 is 2.00 bits per heavy atom. The number of aryl methyl sites for hydroxylation is 2. The van der Waals surface area contributed by atoms with E-state index in [1.165, 1.54) is 17.9 Å². The van der Waals surface area contributed by atoms with Gasteiger partial charge in [0.2, 0.25) is 0 Å². The zero-order chi connectivity index (χ0) is 10.5. The highest BCUT2D eigenvalue weighted by Crippen LogP contribution is 2.01. The van der Waals surface area contributed by atoms with E-state index in [0.717, 1.165) is 4.57 Å². The fourth-order valence-corrected chi connectivity index (χ4v) is 1.47. The minimum atomic E-state index is -0.360. The molecule has 0 saturated heterocycles. The molecule has 2 rings (SSSR count). The third-order valence-electron chi connectivity index (χ3n) is 2.32. The van der Waals surface area contributed by atoms with Gasteiger partial charge in [0, 0.05) is 21.1 Å². The lowest BCUT2D eigenvalue weighted by Gasteiger charge is -2.02. The van der Waals surface area contributed by atoms with E-state index in [1.54, 1.807) is 18.7 Å². The molecular formula is C8H10N4O2. The molecule has 0 saturated carbocycles. The zero-order valence-electron chi connectivity index (χ0n) is 8.18. The molecule has 6 nitrogen and oxygen atoms in total. The van der Waals surface area contributed by atoms with Crippen LogP contribution in [0.1, 0.15) is 0 Å². The normalized spacial score (nSPS) is 11.1. The van der Waals surface area contributed by atoms with Crippen molar-refractivity contribution in [3.63, 3.8) is 0 Å². The minimum absolute atomic E-state index is 0.317. The van der Waals surface area contributed by atoms with Gasteiger partial charge in [-0.15, -0.1) is 0 Å². The van der Waals surface area contributed by atoms with Crippen molar-refractivity contribution in [3.8, 4) is 0 Å². The van der Waals surface area contributed by atoms with Crippen molar-refractivity contribution in [2.75, 3.05) is 0 Å². The molecule has 0 N–H and O–H groups in total. The van der Waals surface area contributed by atoms with Crippen LogP contribution in [0, 0.1) is 0 Å². The van der Waals surface area contributed by atoms with E-state index in [0.29, 0.717) is 11.2 Å². The lowest BCUT2D eigenvalue weighted by Crippen LogP contribution is -2.37. The average molecular weight is 196 g/mol. The molecule has 14 heavy (non-hydrogen) atoms. The van der Waals surface area contributed by atoms with E-state index >= 15 is 0 Å². The Labute approximate surface area is 79.0 Å². The van der Waals surface area contributed by atoms with Crippen LogP contribution in [0.25, 0.3) is 11.2 Å². The highest BCUT2D eigenvalue weighted by molar-refractivity contribution is 5.69. The van der Waals surface area contributed by atoms with E-state index in [1.807, 2.05) is 0 Å². The second kappa shape index (κ2) is 2.57. The number of nitrogens with zero attached hydrogens (tertiary/aromatic N) is 4. The summed E-state index contributed by atoms with van der Waals surface area (Å²) in [6.07, 6.45) is 1.52. The van der Waals surface area contributed by atoms with E-state index in [4.69, 9.17) is 0 Å². The van der Waals surface area contributed by atoms with Gasteiger partial charge in [0.05, 0.1) is 6.33 Å². The first kappa shape index (κ1) is 8.74. The van der Waals surface area contributed by atoms with E-state index in [9.17, 15) is 9.59 Å². The Morgan fingerprint density at radius 3 is 2.64 bits per heavy atom. The van der Waals surface area contributed by atoms with Gasteiger partial charge in [0.25, 0.3) is 5.56 Å². The van der Waals surface area contributed by atoms with Gasteiger partial charge in [-0.2, -0.15) is 0 Å². The Morgan fingerprint density at radius 1 is 1.36 bits per heavy atom. The molecule has 2 aromatic rings. The maximum Gasteiger partial charge on any atom is 0.332 e. The Balaban J connectivity index is 3.22. The fraction of sp³-hybridized carbons (Fsp3) is 0.375. The van der Waals surface area contributed by atoms with Crippen LogP contribution in [0.3, 0.4) is 0 Å². The highest BCUT2D eigenvalue weighted by atomic mass is 16.2. The summed E-state index contributed by atoms with van der Waals surface area (Å²) < 4.78 is 4.04. The van der Waals surface area contributed by atoms with Crippen LogP contribution in [0.5, 0.6) is 0 Å². The van der Waals surface area contributed by atoms with Crippen molar-refractivity contribution in [1.29, 1.82) is 0 Å². The Kier molecular flexibility index (Phi) is 1.60. The molecule has 0 aliphatic carbocycles. The van der Waals surface area contributed by atoms with Crippen LogP contribution in [0.2, 0.25) is 0 Å². The minimum Gasteiger partial charge on any atom is -0.328 e. The predicted molar refractivity (Wildman–Crippen MR) is 51.2 cm³/mol. The standard InChI is InChI=1S/C8H10N4O2/c1-10-4-9-6-5(10)7(13)12(3)8(14)11(6)2/h4H,1-3H3/i3+2. The second-order valence-corrected chi connectivity index (χ2v) is 3.23. The number of imidazole rings is 1. The largest absolute Gasteiger partial charge is 0.332 e. The first-order chi connectivity index (χ1) is 6.54. The maximum absolute atomic E-state index is 11.7.